The van der Waals surface area contributed by atoms with E-state index in [0.29, 0.717) is 0 Å². The smallest absolute Gasteiger partial charge is 0.0871 e. The van der Waals surface area contributed by atoms with E-state index in [9.17, 15) is 0 Å². The Bertz CT molecular complexity index is 419. The van der Waals surface area contributed by atoms with E-state index >= 15 is 0 Å². The highest BCUT2D eigenvalue weighted by atomic mass is 15.4. The molecule has 0 aromatic heterocycles. The van der Waals surface area contributed by atoms with Crippen molar-refractivity contribution < 1.29 is 0 Å². The molecule has 3 heteroatoms. The van der Waals surface area contributed by atoms with Gasteiger partial charge in [-0.2, -0.15) is 0 Å². The summed E-state index contributed by atoms with van der Waals surface area (Å²) in [6.45, 7) is 10.8. The number of hydrogen-bond donors (Lipinski definition) is 2. The number of anilines is 1. The van der Waals surface area contributed by atoms with Crippen LogP contribution in [0.3, 0.4) is 0 Å². The minimum atomic E-state index is 0.789. The third-order valence-corrected chi connectivity index (χ3v) is 1.93. The zero-order valence-electron chi connectivity index (χ0n) is 9.11. The van der Waals surface area contributed by atoms with E-state index in [0.717, 1.165) is 17.1 Å². The van der Waals surface area contributed by atoms with Crippen LogP contribution in [0.5, 0.6) is 0 Å². The number of allylic oxidation sites excluding steroid dienone is 3. The first kappa shape index (κ1) is 11.8. The molecule has 2 N–H and O–H groups in total. The molecule has 0 amide bonds. The van der Waals surface area contributed by atoms with Gasteiger partial charge in [-0.1, -0.05) is 31.4 Å². The van der Waals surface area contributed by atoms with E-state index in [4.69, 9.17) is 0 Å². The van der Waals surface area contributed by atoms with E-state index in [1.165, 1.54) is 0 Å². The maximum absolute atomic E-state index is 3.90. The third kappa shape index (κ3) is 3.13. The topological polar surface area (TPSA) is 36.4 Å². The Balaban J connectivity index is 2.73. The summed E-state index contributed by atoms with van der Waals surface area (Å²) in [7, 11) is 0. The second-order valence-corrected chi connectivity index (χ2v) is 2.99. The standard InChI is InChI=1S/C13H15N3/c1-4-8-11(5-2)15-16-13-10-7-6-9-12(13)14-3/h4-10,15-16H,1-3H2/b11-8+. The minimum Gasteiger partial charge on any atom is -0.301 e. The van der Waals surface area contributed by atoms with Gasteiger partial charge in [0.05, 0.1) is 17.1 Å². The molecule has 0 aliphatic carbocycles. The Morgan fingerprint density at radius 2 is 2.00 bits per heavy atom. The maximum atomic E-state index is 3.90. The van der Waals surface area contributed by atoms with Crippen LogP contribution in [0.25, 0.3) is 0 Å². The van der Waals surface area contributed by atoms with Crippen molar-refractivity contribution in [3.8, 4) is 0 Å². The van der Waals surface area contributed by atoms with E-state index in [2.05, 4.69) is 35.7 Å². The molecule has 82 valence electrons. The molecule has 1 aromatic carbocycles. The summed E-state index contributed by atoms with van der Waals surface area (Å²) in [6, 6.07) is 7.61. The summed E-state index contributed by atoms with van der Waals surface area (Å²) in [4.78, 5) is 3.90. The fourth-order valence-corrected chi connectivity index (χ4v) is 1.14. The van der Waals surface area contributed by atoms with Gasteiger partial charge in [0.1, 0.15) is 0 Å². The lowest BCUT2D eigenvalue weighted by atomic mass is 10.3. The van der Waals surface area contributed by atoms with Gasteiger partial charge in [0.15, 0.2) is 0 Å². The molecular weight excluding hydrogens is 198 g/mol. The predicted octanol–water partition coefficient (Wildman–Crippen LogP) is 3.19. The van der Waals surface area contributed by atoms with Crippen molar-refractivity contribution in [2.24, 2.45) is 4.99 Å². The average Bonchev–Trinajstić information content (AvgIpc) is 2.34. The molecule has 0 saturated carbocycles. The number of hydrazine groups is 1. The first-order chi connectivity index (χ1) is 7.81. The Morgan fingerprint density at radius 1 is 1.25 bits per heavy atom. The quantitative estimate of drug-likeness (QED) is 0.432. The summed E-state index contributed by atoms with van der Waals surface area (Å²) in [5.74, 6) is 0. The average molecular weight is 213 g/mol. The second kappa shape index (κ2) is 6.24. The van der Waals surface area contributed by atoms with Gasteiger partial charge in [0.25, 0.3) is 0 Å². The molecule has 0 bridgehead atoms. The molecule has 1 aromatic rings. The first-order valence-electron chi connectivity index (χ1n) is 4.84. The third-order valence-electron chi connectivity index (χ3n) is 1.93. The van der Waals surface area contributed by atoms with Crippen molar-refractivity contribution in [2.75, 3.05) is 5.43 Å². The molecule has 0 fully saturated rings. The van der Waals surface area contributed by atoms with Crippen molar-refractivity contribution in [1.82, 2.24) is 5.43 Å². The second-order valence-electron chi connectivity index (χ2n) is 2.99. The fourth-order valence-electron chi connectivity index (χ4n) is 1.14. The van der Waals surface area contributed by atoms with Crippen LogP contribution in [0.15, 0.2) is 66.3 Å². The highest BCUT2D eigenvalue weighted by molar-refractivity contribution is 5.67. The Kier molecular flexibility index (Phi) is 4.60. The molecule has 3 nitrogen and oxygen atoms in total. The van der Waals surface area contributed by atoms with Crippen molar-refractivity contribution in [1.29, 1.82) is 0 Å². The van der Waals surface area contributed by atoms with Crippen LogP contribution in [0.1, 0.15) is 0 Å². The maximum Gasteiger partial charge on any atom is 0.0871 e. The SMILES string of the molecule is C=C/C=C(\C=C)NNc1ccccc1N=C. The van der Waals surface area contributed by atoms with Gasteiger partial charge in [-0.25, -0.2) is 0 Å². The van der Waals surface area contributed by atoms with Gasteiger partial charge in [-0.3, -0.25) is 10.4 Å². The van der Waals surface area contributed by atoms with Gasteiger partial charge in [-0.15, -0.1) is 0 Å². The van der Waals surface area contributed by atoms with Gasteiger partial charge in [0, 0.05) is 0 Å². The van der Waals surface area contributed by atoms with Crippen LogP contribution in [-0.2, 0) is 0 Å². The molecule has 1 rings (SSSR count). The Morgan fingerprint density at radius 3 is 2.62 bits per heavy atom. The largest absolute Gasteiger partial charge is 0.301 e. The van der Waals surface area contributed by atoms with Crippen molar-refractivity contribution in [2.45, 2.75) is 0 Å². The Hall–Kier alpha value is -2.29. The van der Waals surface area contributed by atoms with Crippen molar-refractivity contribution in [3.63, 3.8) is 0 Å². The summed E-state index contributed by atoms with van der Waals surface area (Å²) < 4.78 is 0. The molecule has 0 saturated heterocycles. The zero-order chi connectivity index (χ0) is 11.8. The van der Waals surface area contributed by atoms with E-state index in [1.54, 1.807) is 12.2 Å². The monoisotopic (exact) mass is 213 g/mol. The van der Waals surface area contributed by atoms with Crippen LogP contribution in [-0.4, -0.2) is 6.72 Å². The van der Waals surface area contributed by atoms with Gasteiger partial charge in [0.2, 0.25) is 0 Å². The summed E-state index contributed by atoms with van der Waals surface area (Å²) in [5.41, 5.74) is 8.50. The number of benzene rings is 1. The fraction of sp³-hybridized carbons (Fsp3) is 0. The van der Waals surface area contributed by atoms with Crippen LogP contribution in [0.4, 0.5) is 11.4 Å². The molecule has 0 atom stereocenters. The lowest BCUT2D eigenvalue weighted by molar-refractivity contribution is 0.999. The van der Waals surface area contributed by atoms with Crippen molar-refractivity contribution in [3.05, 3.63) is 61.3 Å². The summed E-state index contributed by atoms with van der Waals surface area (Å²) in [5, 5.41) is 0. The number of rotatable bonds is 6. The number of para-hydroxylation sites is 2. The molecule has 0 aliphatic rings. The minimum absolute atomic E-state index is 0.789. The van der Waals surface area contributed by atoms with Crippen LogP contribution in [0.2, 0.25) is 0 Å². The molecule has 0 spiro atoms. The first-order valence-corrected chi connectivity index (χ1v) is 4.84. The molecule has 0 radical (unpaired) electrons. The molecule has 16 heavy (non-hydrogen) atoms. The lowest BCUT2D eigenvalue weighted by Gasteiger charge is -2.11. The molecular formula is C13H15N3. The Labute approximate surface area is 95.9 Å². The van der Waals surface area contributed by atoms with Gasteiger partial charge in [-0.05, 0) is 31.0 Å². The normalized spacial score (nSPS) is 10.4. The van der Waals surface area contributed by atoms with E-state index < -0.39 is 0 Å². The van der Waals surface area contributed by atoms with Crippen LogP contribution in [0, 0.1) is 0 Å². The number of nitrogens with one attached hydrogen (secondary N) is 2. The number of hydrogen-bond acceptors (Lipinski definition) is 3. The predicted molar refractivity (Wildman–Crippen MR) is 70.9 cm³/mol. The van der Waals surface area contributed by atoms with Gasteiger partial charge < -0.3 is 5.43 Å². The molecule has 0 unspecified atom stereocenters. The van der Waals surface area contributed by atoms with Crippen LogP contribution < -0.4 is 10.9 Å². The number of aliphatic imine (C=N–C) groups is 1. The van der Waals surface area contributed by atoms with Crippen molar-refractivity contribution >= 4 is 18.1 Å². The highest BCUT2D eigenvalue weighted by Crippen LogP contribution is 2.22. The highest BCUT2D eigenvalue weighted by Gasteiger charge is 1.97. The number of nitrogens with zero attached hydrogens (tertiary/aromatic N) is 1. The van der Waals surface area contributed by atoms with E-state index in [1.807, 2.05) is 30.3 Å². The van der Waals surface area contributed by atoms with Gasteiger partial charge >= 0.3 is 0 Å². The van der Waals surface area contributed by atoms with E-state index in [-0.39, 0.29) is 0 Å². The lowest BCUT2D eigenvalue weighted by Crippen LogP contribution is -2.19. The summed E-state index contributed by atoms with van der Waals surface area (Å²) in [6.07, 6.45) is 5.19. The molecule has 0 heterocycles. The zero-order valence-corrected chi connectivity index (χ0v) is 9.11. The molecule has 0 aliphatic heterocycles. The summed E-state index contributed by atoms with van der Waals surface area (Å²) >= 11 is 0. The van der Waals surface area contributed by atoms with Crippen LogP contribution >= 0.6 is 0 Å².